The number of aromatic carboxylic acids is 1. The molecule has 0 amide bonds. The lowest BCUT2D eigenvalue weighted by molar-refractivity contribution is 0.0697. The van der Waals surface area contributed by atoms with E-state index in [0.717, 1.165) is 5.56 Å². The molecule has 0 saturated heterocycles. The van der Waals surface area contributed by atoms with E-state index in [1.807, 2.05) is 30.3 Å². The van der Waals surface area contributed by atoms with Crippen LogP contribution in [-0.2, 0) is 6.42 Å². The van der Waals surface area contributed by atoms with Crippen LogP contribution in [0, 0.1) is 0 Å². The molecular weight excluding hydrogens is 468 g/mol. The number of aliphatic hydroxyl groups excluding tert-OH is 2. The average molecular weight is 493 g/mol. The van der Waals surface area contributed by atoms with Crippen molar-refractivity contribution in [2.24, 2.45) is 0 Å². The summed E-state index contributed by atoms with van der Waals surface area (Å²) < 4.78 is 6.02. The Morgan fingerprint density at radius 2 is 1.86 bits per heavy atom. The highest BCUT2D eigenvalue weighted by Gasteiger charge is 2.14. The molecule has 8 heteroatoms. The zero-order valence-electron chi connectivity index (χ0n) is 18.8. The fourth-order valence-electron chi connectivity index (χ4n) is 3.76. The molecule has 0 unspecified atom stereocenters. The van der Waals surface area contributed by atoms with Gasteiger partial charge < -0.3 is 25.4 Å². The Labute approximate surface area is 207 Å². The van der Waals surface area contributed by atoms with E-state index in [2.05, 4.69) is 10.3 Å². The van der Waals surface area contributed by atoms with Crippen LogP contribution in [0.5, 0.6) is 11.5 Å². The molecule has 35 heavy (non-hydrogen) atoms. The number of carboxylic acids is 1. The fraction of sp³-hybridized carbons (Fsp3) is 0.185. The molecule has 0 spiro atoms. The molecule has 4 N–H and O–H groups in total. The second-order valence-electron chi connectivity index (χ2n) is 8.15. The van der Waals surface area contributed by atoms with Gasteiger partial charge in [0.25, 0.3) is 0 Å². The third-order valence-corrected chi connectivity index (χ3v) is 5.87. The maximum Gasteiger partial charge on any atom is 0.335 e. The van der Waals surface area contributed by atoms with Crippen LogP contribution < -0.4 is 10.1 Å². The molecule has 0 bridgehead atoms. The van der Waals surface area contributed by atoms with Gasteiger partial charge in [-0.05, 0) is 66.1 Å². The predicted octanol–water partition coefficient (Wildman–Crippen LogP) is 4.61. The van der Waals surface area contributed by atoms with Gasteiger partial charge in [0, 0.05) is 29.2 Å². The average Bonchev–Trinajstić information content (AvgIpc) is 2.87. The standard InChI is InChI=1S/C27H25ClN2O5/c28-20-3-1-2-18(13-20)25(32)15-30-21(16-31)12-17-4-7-22(8-5-17)35-26-10-11-29-24-14-19(27(33)34)6-9-23(24)26/h1-11,13-14,21,25,30-32H,12,15-16H2,(H,33,34)/t21-,25-/m0/s1. The van der Waals surface area contributed by atoms with Crippen LogP contribution >= 0.6 is 11.6 Å². The fourth-order valence-corrected chi connectivity index (χ4v) is 3.96. The van der Waals surface area contributed by atoms with Crippen molar-refractivity contribution in [3.8, 4) is 11.5 Å². The maximum absolute atomic E-state index is 11.2. The third-order valence-electron chi connectivity index (χ3n) is 5.64. The van der Waals surface area contributed by atoms with Crippen LogP contribution in [0.2, 0.25) is 5.02 Å². The number of nitrogens with zero attached hydrogens (tertiary/aromatic N) is 1. The van der Waals surface area contributed by atoms with Crippen molar-refractivity contribution >= 4 is 28.5 Å². The number of ether oxygens (including phenoxy) is 1. The number of aromatic nitrogens is 1. The first-order valence-corrected chi connectivity index (χ1v) is 11.5. The molecule has 0 aliphatic rings. The molecule has 180 valence electrons. The van der Waals surface area contributed by atoms with E-state index < -0.39 is 12.1 Å². The summed E-state index contributed by atoms with van der Waals surface area (Å²) in [6.45, 7) is 0.202. The molecular formula is C27H25ClN2O5. The summed E-state index contributed by atoms with van der Waals surface area (Å²) in [6, 6.07) is 20.8. The summed E-state index contributed by atoms with van der Waals surface area (Å²) in [5.74, 6) is 0.184. The van der Waals surface area contributed by atoms with Crippen LogP contribution in [0.15, 0.2) is 79.0 Å². The maximum atomic E-state index is 11.2. The van der Waals surface area contributed by atoms with Crippen LogP contribution in [0.4, 0.5) is 0 Å². The van der Waals surface area contributed by atoms with E-state index in [0.29, 0.717) is 39.4 Å². The second kappa shape index (κ2) is 11.3. The number of fused-ring (bicyclic) bond motifs is 1. The van der Waals surface area contributed by atoms with Crippen molar-refractivity contribution in [3.63, 3.8) is 0 Å². The predicted molar refractivity (Wildman–Crippen MR) is 134 cm³/mol. The Kier molecular flexibility index (Phi) is 7.94. The summed E-state index contributed by atoms with van der Waals surface area (Å²) in [7, 11) is 0. The normalized spacial score (nSPS) is 12.9. The molecule has 0 aliphatic carbocycles. The van der Waals surface area contributed by atoms with E-state index in [4.69, 9.17) is 16.3 Å². The van der Waals surface area contributed by atoms with Gasteiger partial charge in [-0.1, -0.05) is 35.9 Å². The van der Waals surface area contributed by atoms with Gasteiger partial charge in [0.1, 0.15) is 11.5 Å². The summed E-state index contributed by atoms with van der Waals surface area (Å²) in [6.07, 6.45) is 1.41. The zero-order chi connectivity index (χ0) is 24.8. The van der Waals surface area contributed by atoms with Crippen molar-refractivity contribution in [2.75, 3.05) is 13.2 Å². The molecule has 0 fully saturated rings. The van der Waals surface area contributed by atoms with E-state index >= 15 is 0 Å². The number of aliphatic hydroxyl groups is 2. The van der Waals surface area contributed by atoms with Crippen LogP contribution in [-0.4, -0.2) is 45.5 Å². The van der Waals surface area contributed by atoms with Crippen LogP contribution in [0.1, 0.15) is 27.6 Å². The largest absolute Gasteiger partial charge is 0.478 e. The van der Waals surface area contributed by atoms with Crippen molar-refractivity contribution in [1.29, 1.82) is 0 Å². The first kappa shape index (κ1) is 24.6. The minimum absolute atomic E-state index is 0.0815. The van der Waals surface area contributed by atoms with E-state index in [1.165, 1.54) is 12.1 Å². The van der Waals surface area contributed by atoms with E-state index in [1.54, 1.807) is 36.5 Å². The van der Waals surface area contributed by atoms with E-state index in [-0.39, 0.29) is 24.8 Å². The SMILES string of the molecule is O=C(O)c1ccc2c(Oc3ccc(C[C@@H](CO)NC[C@H](O)c4cccc(Cl)c4)cc3)ccnc2c1. The Morgan fingerprint density at radius 3 is 2.57 bits per heavy atom. The van der Waals surface area contributed by atoms with Crippen LogP contribution in [0.3, 0.4) is 0 Å². The van der Waals surface area contributed by atoms with Gasteiger partial charge in [0.15, 0.2) is 0 Å². The Bertz CT molecular complexity index is 1310. The topological polar surface area (TPSA) is 112 Å². The minimum Gasteiger partial charge on any atom is -0.478 e. The molecule has 1 heterocycles. The smallest absolute Gasteiger partial charge is 0.335 e. The molecule has 0 aliphatic heterocycles. The number of pyridine rings is 1. The summed E-state index contributed by atoms with van der Waals surface area (Å²) in [4.78, 5) is 15.4. The van der Waals surface area contributed by atoms with Gasteiger partial charge in [-0.2, -0.15) is 0 Å². The second-order valence-corrected chi connectivity index (χ2v) is 8.59. The Morgan fingerprint density at radius 1 is 1.06 bits per heavy atom. The van der Waals surface area contributed by atoms with Crippen molar-refractivity contribution in [1.82, 2.24) is 10.3 Å². The van der Waals surface area contributed by atoms with Gasteiger partial charge in [-0.3, -0.25) is 4.98 Å². The van der Waals surface area contributed by atoms with Gasteiger partial charge >= 0.3 is 5.97 Å². The highest BCUT2D eigenvalue weighted by Crippen LogP contribution is 2.29. The number of hydrogen-bond acceptors (Lipinski definition) is 6. The lowest BCUT2D eigenvalue weighted by atomic mass is 10.0. The summed E-state index contributed by atoms with van der Waals surface area (Å²) in [5, 5.41) is 33.8. The number of hydrogen-bond donors (Lipinski definition) is 4. The molecule has 0 saturated carbocycles. The van der Waals surface area contributed by atoms with Gasteiger partial charge in [-0.25, -0.2) is 4.79 Å². The van der Waals surface area contributed by atoms with Gasteiger partial charge in [0.05, 0.1) is 23.8 Å². The van der Waals surface area contributed by atoms with Gasteiger partial charge in [-0.15, -0.1) is 0 Å². The first-order chi connectivity index (χ1) is 16.9. The molecule has 7 nitrogen and oxygen atoms in total. The lowest BCUT2D eigenvalue weighted by Gasteiger charge is -2.19. The van der Waals surface area contributed by atoms with Crippen LogP contribution in [0.25, 0.3) is 10.9 Å². The van der Waals surface area contributed by atoms with Gasteiger partial charge in [0.2, 0.25) is 0 Å². The lowest BCUT2D eigenvalue weighted by Crippen LogP contribution is -2.37. The van der Waals surface area contributed by atoms with Crippen molar-refractivity contribution in [3.05, 3.63) is 101 Å². The molecule has 4 rings (SSSR count). The minimum atomic E-state index is -1.01. The number of carboxylic acid groups (broad SMARTS) is 1. The summed E-state index contributed by atoms with van der Waals surface area (Å²) >= 11 is 5.99. The first-order valence-electron chi connectivity index (χ1n) is 11.1. The van der Waals surface area contributed by atoms with E-state index in [9.17, 15) is 20.1 Å². The molecule has 4 aromatic rings. The highest BCUT2D eigenvalue weighted by molar-refractivity contribution is 6.30. The number of halogens is 1. The number of carbonyl (C=O) groups is 1. The molecule has 3 aromatic carbocycles. The quantitative estimate of drug-likeness (QED) is 0.256. The molecule has 0 radical (unpaired) electrons. The number of rotatable bonds is 10. The molecule has 2 atom stereocenters. The highest BCUT2D eigenvalue weighted by atomic mass is 35.5. The van der Waals surface area contributed by atoms with Crippen molar-refractivity contribution in [2.45, 2.75) is 18.6 Å². The number of nitrogens with one attached hydrogen (secondary N) is 1. The zero-order valence-corrected chi connectivity index (χ0v) is 19.5. The summed E-state index contributed by atoms with van der Waals surface area (Å²) in [5.41, 5.74) is 2.41. The Balaban J connectivity index is 1.38. The monoisotopic (exact) mass is 492 g/mol. The molecule has 1 aromatic heterocycles. The number of benzene rings is 3. The Hall–Kier alpha value is -3.49. The third kappa shape index (κ3) is 6.35. The van der Waals surface area contributed by atoms with Crippen molar-refractivity contribution < 1.29 is 24.9 Å².